The lowest BCUT2D eigenvalue weighted by Gasteiger charge is -2.42. The Morgan fingerprint density at radius 1 is 1.48 bits per heavy atom. The highest BCUT2D eigenvalue weighted by Gasteiger charge is 2.33. The first kappa shape index (κ1) is 15.5. The molecule has 1 saturated carbocycles. The van der Waals surface area contributed by atoms with Crippen LogP contribution in [0.1, 0.15) is 26.7 Å². The number of ether oxygens (including phenoxy) is 1. The maximum Gasteiger partial charge on any atom is 0.317 e. The zero-order chi connectivity index (χ0) is 15.2. The summed E-state index contributed by atoms with van der Waals surface area (Å²) in [6.07, 6.45) is 3.33. The molecule has 1 fully saturated rings. The lowest BCUT2D eigenvalue weighted by molar-refractivity contribution is -0.139. The van der Waals surface area contributed by atoms with Gasteiger partial charge in [0.2, 0.25) is 5.88 Å². The summed E-state index contributed by atoms with van der Waals surface area (Å²) in [6.45, 7) is 5.33. The monoisotopic (exact) mass is 294 g/mol. The van der Waals surface area contributed by atoms with Crippen molar-refractivity contribution in [2.24, 2.45) is 0 Å². The molecule has 0 bridgehead atoms. The molecule has 1 aromatic heterocycles. The van der Waals surface area contributed by atoms with Gasteiger partial charge < -0.3 is 15.2 Å². The van der Waals surface area contributed by atoms with Crippen molar-refractivity contribution >= 4 is 11.8 Å². The highest BCUT2D eigenvalue weighted by atomic mass is 16.5. The van der Waals surface area contributed by atoms with Gasteiger partial charge in [0, 0.05) is 18.2 Å². The normalized spacial score (nSPS) is 20.9. The summed E-state index contributed by atoms with van der Waals surface area (Å²) in [4.78, 5) is 21.0. The van der Waals surface area contributed by atoms with Crippen molar-refractivity contribution in [1.82, 2.24) is 14.9 Å². The molecular weight excluding hydrogens is 272 g/mol. The van der Waals surface area contributed by atoms with E-state index in [-0.39, 0.29) is 6.54 Å². The van der Waals surface area contributed by atoms with Gasteiger partial charge in [0.15, 0.2) is 0 Å². The first-order valence-corrected chi connectivity index (χ1v) is 7.29. The summed E-state index contributed by atoms with van der Waals surface area (Å²) in [5.74, 6) is 0.538. The van der Waals surface area contributed by atoms with Gasteiger partial charge in [-0.3, -0.25) is 9.69 Å². The Balaban J connectivity index is 1.82. The van der Waals surface area contributed by atoms with Crippen LogP contribution in [-0.2, 0) is 4.79 Å². The van der Waals surface area contributed by atoms with E-state index in [1.807, 2.05) is 18.7 Å². The molecule has 0 radical (unpaired) electrons. The van der Waals surface area contributed by atoms with Gasteiger partial charge in [-0.15, -0.1) is 0 Å². The lowest BCUT2D eigenvalue weighted by Crippen LogP contribution is -2.51. The molecule has 2 N–H and O–H groups in total. The number of hydrogen-bond donors (Lipinski definition) is 2. The van der Waals surface area contributed by atoms with Gasteiger partial charge in [-0.1, -0.05) is 6.92 Å². The van der Waals surface area contributed by atoms with Crippen LogP contribution >= 0.6 is 0 Å². The molecular formula is C14H22N4O3. The van der Waals surface area contributed by atoms with Crippen LogP contribution in [0.15, 0.2) is 12.4 Å². The van der Waals surface area contributed by atoms with Gasteiger partial charge >= 0.3 is 5.97 Å². The molecule has 1 aromatic rings. The van der Waals surface area contributed by atoms with Crippen LogP contribution in [0.4, 0.5) is 5.82 Å². The second kappa shape index (κ2) is 7.21. The number of aromatic nitrogens is 2. The topological polar surface area (TPSA) is 87.6 Å². The van der Waals surface area contributed by atoms with Crippen LogP contribution in [0.5, 0.6) is 5.88 Å². The van der Waals surface area contributed by atoms with Crippen molar-refractivity contribution in [3.8, 4) is 5.88 Å². The lowest BCUT2D eigenvalue weighted by atomic mass is 9.85. The van der Waals surface area contributed by atoms with E-state index in [1.165, 1.54) is 6.33 Å². The SMILES string of the molecule is CCOc1cc(NC2CC(N(CC)CC(=O)O)C2)ncn1. The van der Waals surface area contributed by atoms with Crippen molar-refractivity contribution in [3.63, 3.8) is 0 Å². The van der Waals surface area contributed by atoms with Gasteiger partial charge in [-0.2, -0.15) is 0 Å². The number of carbonyl (C=O) groups is 1. The fourth-order valence-electron chi connectivity index (χ4n) is 2.53. The van der Waals surface area contributed by atoms with E-state index in [9.17, 15) is 4.79 Å². The molecule has 0 amide bonds. The molecule has 1 aliphatic carbocycles. The van der Waals surface area contributed by atoms with Gasteiger partial charge in [-0.25, -0.2) is 9.97 Å². The van der Waals surface area contributed by atoms with Crippen molar-refractivity contribution in [2.45, 2.75) is 38.8 Å². The second-order valence-corrected chi connectivity index (χ2v) is 5.10. The predicted octanol–water partition coefficient (Wildman–Crippen LogP) is 1.22. The maximum atomic E-state index is 10.8. The number of carboxylic acids is 1. The number of carboxylic acid groups (broad SMARTS) is 1. The quantitative estimate of drug-likeness (QED) is 0.745. The summed E-state index contributed by atoms with van der Waals surface area (Å²) in [5.41, 5.74) is 0. The number of rotatable bonds is 8. The second-order valence-electron chi connectivity index (χ2n) is 5.10. The van der Waals surface area contributed by atoms with Crippen LogP contribution < -0.4 is 10.1 Å². The van der Waals surface area contributed by atoms with Crippen molar-refractivity contribution in [2.75, 3.05) is 25.0 Å². The number of hydrogen-bond acceptors (Lipinski definition) is 6. The average Bonchev–Trinajstić information content (AvgIpc) is 2.41. The van der Waals surface area contributed by atoms with Crippen molar-refractivity contribution in [3.05, 3.63) is 12.4 Å². The van der Waals surface area contributed by atoms with Crippen LogP contribution in [0.2, 0.25) is 0 Å². The highest BCUT2D eigenvalue weighted by molar-refractivity contribution is 5.69. The van der Waals surface area contributed by atoms with E-state index in [0.29, 0.717) is 24.6 Å². The zero-order valence-electron chi connectivity index (χ0n) is 12.5. The fraction of sp³-hybridized carbons (Fsp3) is 0.643. The fourth-order valence-corrected chi connectivity index (χ4v) is 2.53. The van der Waals surface area contributed by atoms with Crippen LogP contribution in [0.3, 0.4) is 0 Å². The van der Waals surface area contributed by atoms with Crippen LogP contribution in [-0.4, -0.2) is 57.7 Å². The van der Waals surface area contributed by atoms with E-state index >= 15 is 0 Å². The molecule has 0 spiro atoms. The van der Waals surface area contributed by atoms with Gasteiger partial charge in [0.05, 0.1) is 13.2 Å². The molecule has 1 aliphatic rings. The Morgan fingerprint density at radius 3 is 2.86 bits per heavy atom. The first-order chi connectivity index (χ1) is 10.1. The molecule has 0 aromatic carbocycles. The average molecular weight is 294 g/mol. The number of aliphatic carboxylic acids is 1. The Hall–Kier alpha value is -1.89. The third-order valence-electron chi connectivity index (χ3n) is 3.66. The van der Waals surface area contributed by atoms with E-state index in [1.54, 1.807) is 6.07 Å². The van der Waals surface area contributed by atoms with Crippen LogP contribution in [0, 0.1) is 0 Å². The molecule has 7 nitrogen and oxygen atoms in total. The Labute approximate surface area is 124 Å². The van der Waals surface area contributed by atoms with Crippen LogP contribution in [0.25, 0.3) is 0 Å². The standard InChI is InChI=1S/C14H22N4O3/c1-3-18(8-14(19)20)11-5-10(6-11)17-12-7-13(21-4-2)16-9-15-12/h7,9-11H,3-6,8H2,1-2H3,(H,19,20)(H,15,16,17). The van der Waals surface area contributed by atoms with Gasteiger partial charge in [0.1, 0.15) is 12.1 Å². The molecule has 2 rings (SSSR count). The molecule has 1 heterocycles. The largest absolute Gasteiger partial charge is 0.480 e. The predicted molar refractivity (Wildman–Crippen MR) is 78.5 cm³/mol. The van der Waals surface area contributed by atoms with E-state index < -0.39 is 5.97 Å². The van der Waals surface area contributed by atoms with E-state index in [2.05, 4.69) is 15.3 Å². The van der Waals surface area contributed by atoms with Crippen molar-refractivity contribution in [1.29, 1.82) is 0 Å². The molecule has 21 heavy (non-hydrogen) atoms. The van der Waals surface area contributed by atoms with Crippen molar-refractivity contribution < 1.29 is 14.6 Å². The number of anilines is 1. The maximum absolute atomic E-state index is 10.8. The number of likely N-dealkylation sites (N-methyl/N-ethyl adjacent to an activating group) is 1. The summed E-state index contributed by atoms with van der Waals surface area (Å²) in [6, 6.07) is 2.44. The highest BCUT2D eigenvalue weighted by Crippen LogP contribution is 2.28. The molecule has 7 heteroatoms. The minimum absolute atomic E-state index is 0.107. The molecule has 0 saturated heterocycles. The zero-order valence-corrected chi connectivity index (χ0v) is 12.5. The number of nitrogens with zero attached hydrogens (tertiary/aromatic N) is 3. The minimum Gasteiger partial charge on any atom is -0.480 e. The third-order valence-corrected chi connectivity index (χ3v) is 3.66. The first-order valence-electron chi connectivity index (χ1n) is 7.29. The molecule has 0 atom stereocenters. The Morgan fingerprint density at radius 2 is 2.24 bits per heavy atom. The number of nitrogens with one attached hydrogen (secondary N) is 1. The summed E-state index contributed by atoms with van der Waals surface area (Å²) in [7, 11) is 0. The van der Waals surface area contributed by atoms with E-state index in [0.717, 1.165) is 25.2 Å². The Bertz CT molecular complexity index is 477. The Kier molecular flexibility index (Phi) is 5.32. The molecule has 0 aliphatic heterocycles. The van der Waals surface area contributed by atoms with Gasteiger partial charge in [0.25, 0.3) is 0 Å². The van der Waals surface area contributed by atoms with E-state index in [4.69, 9.17) is 9.84 Å². The smallest absolute Gasteiger partial charge is 0.317 e. The summed E-state index contributed by atoms with van der Waals surface area (Å²) < 4.78 is 5.34. The van der Waals surface area contributed by atoms with Gasteiger partial charge in [-0.05, 0) is 26.3 Å². The molecule has 116 valence electrons. The summed E-state index contributed by atoms with van der Waals surface area (Å²) >= 11 is 0. The minimum atomic E-state index is -0.773. The third kappa shape index (κ3) is 4.29. The summed E-state index contributed by atoms with van der Waals surface area (Å²) in [5, 5.41) is 12.2. The molecule has 0 unspecified atom stereocenters.